The molecule has 20 heavy (non-hydrogen) atoms. The van der Waals surface area contributed by atoms with E-state index < -0.39 is 9.84 Å². The topological polar surface area (TPSA) is 72.2 Å². The molecule has 1 unspecified atom stereocenters. The molecule has 4 nitrogen and oxygen atoms in total. The third-order valence-corrected chi connectivity index (χ3v) is 4.88. The largest absolute Gasteiger partial charge is 0.271 e. The quantitative estimate of drug-likeness (QED) is 0.508. The van der Waals surface area contributed by atoms with Crippen molar-refractivity contribution in [2.45, 2.75) is 43.0 Å². The summed E-state index contributed by atoms with van der Waals surface area (Å²) in [4.78, 5) is 0.340. The molecule has 0 aliphatic heterocycles. The molecule has 0 radical (unpaired) electrons. The Morgan fingerprint density at radius 1 is 1.15 bits per heavy atom. The van der Waals surface area contributed by atoms with Crippen LogP contribution in [0.3, 0.4) is 0 Å². The first-order chi connectivity index (χ1) is 9.52. The standard InChI is InChI=1S/C15H22N2O2S/c1-20(18,19)14-10-8-13(9-11-14)15(17-16)12-6-4-2-3-5-7-12/h6,8-11,15,17H,2-5,7,16H2,1H3. The van der Waals surface area contributed by atoms with Crippen molar-refractivity contribution < 1.29 is 8.42 Å². The molecule has 1 aromatic carbocycles. The van der Waals surface area contributed by atoms with Crippen LogP contribution in [0.2, 0.25) is 0 Å². The van der Waals surface area contributed by atoms with E-state index in [1.165, 1.54) is 31.1 Å². The van der Waals surface area contributed by atoms with Crippen LogP contribution in [0.5, 0.6) is 0 Å². The third-order valence-electron chi connectivity index (χ3n) is 3.76. The highest BCUT2D eigenvalue weighted by Crippen LogP contribution is 2.29. The summed E-state index contributed by atoms with van der Waals surface area (Å²) < 4.78 is 23.0. The molecule has 3 N–H and O–H groups in total. The van der Waals surface area contributed by atoms with E-state index in [-0.39, 0.29) is 6.04 Å². The average Bonchev–Trinajstić information content (AvgIpc) is 2.68. The van der Waals surface area contributed by atoms with E-state index in [1.54, 1.807) is 12.1 Å². The van der Waals surface area contributed by atoms with Crippen LogP contribution in [0.25, 0.3) is 0 Å². The molecule has 0 saturated heterocycles. The molecule has 1 atom stereocenters. The Kier molecular flexibility index (Phi) is 4.96. The summed E-state index contributed by atoms with van der Waals surface area (Å²) in [6, 6.07) is 6.94. The van der Waals surface area contributed by atoms with Crippen molar-refractivity contribution in [1.29, 1.82) is 0 Å². The Bertz CT molecular complexity index is 576. The van der Waals surface area contributed by atoms with E-state index in [0.717, 1.165) is 18.4 Å². The maximum Gasteiger partial charge on any atom is 0.175 e. The summed E-state index contributed by atoms with van der Waals surface area (Å²) in [6.07, 6.45) is 9.29. The highest BCUT2D eigenvalue weighted by Gasteiger charge is 2.17. The van der Waals surface area contributed by atoms with Gasteiger partial charge in [0.1, 0.15) is 0 Å². The molecular formula is C15H22N2O2S. The number of hydrogen-bond acceptors (Lipinski definition) is 4. The van der Waals surface area contributed by atoms with Crippen molar-refractivity contribution in [3.63, 3.8) is 0 Å². The smallest absolute Gasteiger partial charge is 0.175 e. The van der Waals surface area contributed by atoms with Gasteiger partial charge in [-0.1, -0.05) is 30.2 Å². The van der Waals surface area contributed by atoms with Crippen LogP contribution in [0.15, 0.2) is 40.8 Å². The number of nitrogens with one attached hydrogen (secondary N) is 1. The Morgan fingerprint density at radius 2 is 1.85 bits per heavy atom. The molecule has 110 valence electrons. The van der Waals surface area contributed by atoms with E-state index in [2.05, 4.69) is 11.5 Å². The number of rotatable bonds is 4. The van der Waals surface area contributed by atoms with Crippen molar-refractivity contribution in [3.8, 4) is 0 Å². The lowest BCUT2D eigenvalue weighted by atomic mass is 9.96. The first-order valence-electron chi connectivity index (χ1n) is 6.97. The minimum absolute atomic E-state index is 0.0262. The van der Waals surface area contributed by atoms with Crippen molar-refractivity contribution in [3.05, 3.63) is 41.5 Å². The summed E-state index contributed by atoms with van der Waals surface area (Å²) in [5.41, 5.74) is 5.17. The second-order valence-electron chi connectivity index (χ2n) is 5.32. The number of allylic oxidation sites excluding steroid dienone is 1. The fourth-order valence-corrected chi connectivity index (χ4v) is 3.26. The number of benzene rings is 1. The fraction of sp³-hybridized carbons (Fsp3) is 0.467. The summed E-state index contributed by atoms with van der Waals surface area (Å²) >= 11 is 0. The zero-order chi connectivity index (χ0) is 14.6. The van der Waals surface area contributed by atoms with Gasteiger partial charge in [0.15, 0.2) is 9.84 Å². The minimum Gasteiger partial charge on any atom is -0.271 e. The van der Waals surface area contributed by atoms with Gasteiger partial charge in [-0.15, -0.1) is 0 Å². The second-order valence-corrected chi connectivity index (χ2v) is 7.33. The zero-order valence-corrected chi connectivity index (χ0v) is 12.6. The van der Waals surface area contributed by atoms with Crippen LogP contribution in [0, 0.1) is 0 Å². The SMILES string of the molecule is CS(=O)(=O)c1ccc(C(NN)C2=CCCCCC2)cc1. The normalized spacial score (nSPS) is 18.2. The first-order valence-corrected chi connectivity index (χ1v) is 8.86. The van der Waals surface area contributed by atoms with Crippen LogP contribution in [0.1, 0.15) is 43.7 Å². The molecule has 5 heteroatoms. The summed E-state index contributed by atoms with van der Waals surface area (Å²) in [5, 5.41) is 0. The van der Waals surface area contributed by atoms with E-state index in [0.29, 0.717) is 4.90 Å². The Balaban J connectivity index is 2.25. The highest BCUT2D eigenvalue weighted by molar-refractivity contribution is 7.90. The molecule has 0 heterocycles. The first kappa shape index (κ1) is 15.2. The van der Waals surface area contributed by atoms with Gasteiger partial charge in [0.05, 0.1) is 10.9 Å². The molecule has 0 fully saturated rings. The molecule has 0 spiro atoms. The Hall–Kier alpha value is -1.17. The summed E-state index contributed by atoms with van der Waals surface area (Å²) in [6.45, 7) is 0. The molecule has 0 saturated carbocycles. The van der Waals surface area contributed by atoms with Gasteiger partial charge in [-0.3, -0.25) is 5.84 Å². The number of hydrogen-bond donors (Lipinski definition) is 2. The van der Waals surface area contributed by atoms with Gasteiger partial charge in [-0.05, 0) is 43.4 Å². The second kappa shape index (κ2) is 6.52. The van der Waals surface area contributed by atoms with E-state index in [1.807, 2.05) is 12.1 Å². The van der Waals surface area contributed by atoms with Crippen LogP contribution < -0.4 is 11.3 Å². The van der Waals surface area contributed by atoms with Crippen molar-refractivity contribution in [2.75, 3.05) is 6.26 Å². The van der Waals surface area contributed by atoms with E-state index in [9.17, 15) is 8.42 Å². The van der Waals surface area contributed by atoms with Gasteiger partial charge in [0.25, 0.3) is 0 Å². The van der Waals surface area contributed by atoms with E-state index >= 15 is 0 Å². The summed E-state index contributed by atoms with van der Waals surface area (Å²) in [5.74, 6) is 5.70. The lowest BCUT2D eigenvalue weighted by Gasteiger charge is -2.20. The van der Waals surface area contributed by atoms with Gasteiger partial charge < -0.3 is 0 Å². The molecule has 2 rings (SSSR count). The number of sulfone groups is 1. The fourth-order valence-electron chi connectivity index (χ4n) is 2.63. The number of nitrogens with two attached hydrogens (primary N) is 1. The Morgan fingerprint density at radius 3 is 2.45 bits per heavy atom. The van der Waals surface area contributed by atoms with Gasteiger partial charge in [-0.2, -0.15) is 0 Å². The van der Waals surface area contributed by atoms with Crippen molar-refractivity contribution >= 4 is 9.84 Å². The summed E-state index contributed by atoms with van der Waals surface area (Å²) in [7, 11) is -3.15. The van der Waals surface area contributed by atoms with Crippen molar-refractivity contribution in [2.24, 2.45) is 5.84 Å². The predicted octanol–water partition coefficient (Wildman–Crippen LogP) is 2.49. The molecule has 0 amide bonds. The molecule has 1 aromatic rings. The lowest BCUT2D eigenvalue weighted by molar-refractivity contribution is 0.591. The van der Waals surface area contributed by atoms with Gasteiger partial charge in [0, 0.05) is 6.26 Å². The van der Waals surface area contributed by atoms with Gasteiger partial charge >= 0.3 is 0 Å². The van der Waals surface area contributed by atoms with Crippen LogP contribution in [-0.4, -0.2) is 14.7 Å². The van der Waals surface area contributed by atoms with Crippen LogP contribution in [0.4, 0.5) is 0 Å². The number of hydrazine groups is 1. The highest BCUT2D eigenvalue weighted by atomic mass is 32.2. The van der Waals surface area contributed by atoms with Gasteiger partial charge in [0.2, 0.25) is 0 Å². The molecule has 0 aromatic heterocycles. The third kappa shape index (κ3) is 3.69. The maximum absolute atomic E-state index is 11.5. The lowest BCUT2D eigenvalue weighted by Crippen LogP contribution is -2.29. The monoisotopic (exact) mass is 294 g/mol. The van der Waals surface area contributed by atoms with Gasteiger partial charge in [-0.25, -0.2) is 13.8 Å². The molecular weight excluding hydrogens is 272 g/mol. The molecule has 1 aliphatic carbocycles. The van der Waals surface area contributed by atoms with Crippen LogP contribution >= 0.6 is 0 Å². The predicted molar refractivity (Wildman–Crippen MR) is 80.8 cm³/mol. The van der Waals surface area contributed by atoms with E-state index in [4.69, 9.17) is 5.84 Å². The van der Waals surface area contributed by atoms with Crippen LogP contribution in [-0.2, 0) is 9.84 Å². The Labute approximate surface area is 121 Å². The van der Waals surface area contributed by atoms with Crippen molar-refractivity contribution in [1.82, 2.24) is 5.43 Å². The zero-order valence-electron chi connectivity index (χ0n) is 11.8. The average molecular weight is 294 g/mol. The minimum atomic E-state index is -3.15. The molecule has 1 aliphatic rings. The molecule has 0 bridgehead atoms. The maximum atomic E-state index is 11.5.